The summed E-state index contributed by atoms with van der Waals surface area (Å²) in [4.78, 5) is 0. The molecule has 1 saturated heterocycles. The Balaban J connectivity index is 2.12. The van der Waals surface area contributed by atoms with Gasteiger partial charge in [0.2, 0.25) is 0 Å². The maximum Gasteiger partial charge on any atom is 0.124 e. The minimum absolute atomic E-state index is 0.227. The molecule has 2 rings (SSSR count). The summed E-state index contributed by atoms with van der Waals surface area (Å²) in [6.45, 7) is 3.63. The lowest BCUT2D eigenvalue weighted by atomic mass is 10.1. The van der Waals surface area contributed by atoms with Crippen LogP contribution in [0.4, 0.5) is 0 Å². The van der Waals surface area contributed by atoms with Crippen molar-refractivity contribution in [3.05, 3.63) is 29.3 Å². The Hall–Kier alpha value is -0.540. The van der Waals surface area contributed by atoms with E-state index in [1.54, 1.807) is 0 Å². The third-order valence-corrected chi connectivity index (χ3v) is 3.15. The zero-order chi connectivity index (χ0) is 10.7. The molecule has 0 spiro atoms. The summed E-state index contributed by atoms with van der Waals surface area (Å²) in [6.07, 6.45) is 1.22. The van der Waals surface area contributed by atoms with Crippen molar-refractivity contribution in [2.24, 2.45) is 0 Å². The van der Waals surface area contributed by atoms with Crippen molar-refractivity contribution in [1.82, 2.24) is 0 Å². The van der Waals surface area contributed by atoms with E-state index in [9.17, 15) is 0 Å². The van der Waals surface area contributed by atoms with Crippen LogP contribution in [0.1, 0.15) is 17.5 Å². The SMILES string of the molecule is Cc1ccc(OC2CCOC2)c(CBr)c1. The normalized spacial score (nSPS) is 20.5. The van der Waals surface area contributed by atoms with Gasteiger partial charge in [-0.2, -0.15) is 0 Å². The largest absolute Gasteiger partial charge is 0.488 e. The number of aryl methyl sites for hydroxylation is 1. The van der Waals surface area contributed by atoms with E-state index in [4.69, 9.17) is 9.47 Å². The van der Waals surface area contributed by atoms with Crippen molar-refractivity contribution in [1.29, 1.82) is 0 Å². The molecule has 0 aromatic heterocycles. The molecular formula is C12H15BrO2. The van der Waals surface area contributed by atoms with Crippen molar-refractivity contribution in [3.8, 4) is 5.75 Å². The average Bonchev–Trinajstić information content (AvgIpc) is 2.73. The lowest BCUT2D eigenvalue weighted by molar-refractivity contribution is 0.141. The fourth-order valence-electron chi connectivity index (χ4n) is 1.71. The molecule has 82 valence electrons. The average molecular weight is 271 g/mol. The number of hydrogen-bond donors (Lipinski definition) is 0. The van der Waals surface area contributed by atoms with Gasteiger partial charge in [-0.05, 0) is 13.0 Å². The van der Waals surface area contributed by atoms with Crippen LogP contribution < -0.4 is 4.74 Å². The number of rotatable bonds is 3. The Morgan fingerprint density at radius 2 is 2.40 bits per heavy atom. The van der Waals surface area contributed by atoms with Crippen LogP contribution in [0.25, 0.3) is 0 Å². The molecule has 1 fully saturated rings. The molecule has 1 aliphatic rings. The van der Waals surface area contributed by atoms with E-state index in [1.807, 2.05) is 6.07 Å². The monoisotopic (exact) mass is 270 g/mol. The van der Waals surface area contributed by atoms with Gasteiger partial charge in [0.05, 0.1) is 13.2 Å². The summed E-state index contributed by atoms with van der Waals surface area (Å²) >= 11 is 3.48. The topological polar surface area (TPSA) is 18.5 Å². The Morgan fingerprint density at radius 1 is 1.53 bits per heavy atom. The lowest BCUT2D eigenvalue weighted by Gasteiger charge is -2.15. The summed E-state index contributed by atoms with van der Waals surface area (Å²) < 4.78 is 11.2. The molecule has 1 atom stereocenters. The van der Waals surface area contributed by atoms with Crippen molar-refractivity contribution < 1.29 is 9.47 Å². The Morgan fingerprint density at radius 3 is 3.07 bits per heavy atom. The fourth-order valence-corrected chi connectivity index (χ4v) is 2.15. The van der Waals surface area contributed by atoms with E-state index in [0.717, 1.165) is 30.7 Å². The van der Waals surface area contributed by atoms with Gasteiger partial charge < -0.3 is 9.47 Å². The number of alkyl halides is 1. The second-order valence-corrected chi connectivity index (χ2v) is 4.41. The highest BCUT2D eigenvalue weighted by Gasteiger charge is 2.18. The Bertz CT molecular complexity index is 332. The van der Waals surface area contributed by atoms with E-state index in [2.05, 4.69) is 35.0 Å². The van der Waals surface area contributed by atoms with Crippen molar-refractivity contribution in [3.63, 3.8) is 0 Å². The molecule has 0 bridgehead atoms. The van der Waals surface area contributed by atoms with Gasteiger partial charge in [0.25, 0.3) is 0 Å². The van der Waals surface area contributed by atoms with Gasteiger partial charge in [-0.1, -0.05) is 33.6 Å². The Kier molecular flexibility index (Phi) is 3.65. The van der Waals surface area contributed by atoms with Crippen molar-refractivity contribution in [2.45, 2.75) is 24.8 Å². The van der Waals surface area contributed by atoms with Crippen LogP contribution in [-0.2, 0) is 10.1 Å². The molecule has 1 heterocycles. The summed E-state index contributed by atoms with van der Waals surface area (Å²) in [6, 6.07) is 6.28. The molecule has 0 amide bonds. The smallest absolute Gasteiger partial charge is 0.124 e. The second kappa shape index (κ2) is 4.99. The van der Waals surface area contributed by atoms with Gasteiger partial charge in [0, 0.05) is 17.3 Å². The molecule has 1 aliphatic heterocycles. The molecule has 0 N–H and O–H groups in total. The first kappa shape index (κ1) is 11.0. The van der Waals surface area contributed by atoms with Crippen LogP contribution in [-0.4, -0.2) is 19.3 Å². The number of halogens is 1. The highest BCUT2D eigenvalue weighted by molar-refractivity contribution is 9.08. The van der Waals surface area contributed by atoms with Crippen LogP contribution >= 0.6 is 15.9 Å². The summed E-state index contributed by atoms with van der Waals surface area (Å²) in [5, 5.41) is 0.831. The van der Waals surface area contributed by atoms with Crippen LogP contribution in [0.3, 0.4) is 0 Å². The minimum Gasteiger partial charge on any atom is -0.488 e. The van der Waals surface area contributed by atoms with Gasteiger partial charge >= 0.3 is 0 Å². The van der Waals surface area contributed by atoms with Gasteiger partial charge in [0.1, 0.15) is 11.9 Å². The van der Waals surface area contributed by atoms with Crippen LogP contribution in [0.15, 0.2) is 18.2 Å². The Labute approximate surface area is 98.7 Å². The van der Waals surface area contributed by atoms with Gasteiger partial charge in [-0.25, -0.2) is 0 Å². The van der Waals surface area contributed by atoms with Crippen LogP contribution in [0, 0.1) is 6.92 Å². The molecule has 0 aliphatic carbocycles. The quantitative estimate of drug-likeness (QED) is 0.787. The molecule has 0 saturated carbocycles. The maximum absolute atomic E-state index is 5.90. The van der Waals surface area contributed by atoms with Gasteiger partial charge in [-0.15, -0.1) is 0 Å². The fraction of sp³-hybridized carbons (Fsp3) is 0.500. The van der Waals surface area contributed by atoms with Crippen LogP contribution in [0.2, 0.25) is 0 Å². The summed E-state index contributed by atoms with van der Waals surface area (Å²) in [7, 11) is 0. The molecule has 1 unspecified atom stereocenters. The molecule has 1 aromatic carbocycles. The van der Waals surface area contributed by atoms with E-state index < -0.39 is 0 Å². The first-order chi connectivity index (χ1) is 7.29. The standard InChI is InChI=1S/C12H15BrO2/c1-9-2-3-12(10(6-9)7-13)15-11-4-5-14-8-11/h2-3,6,11H,4-5,7-8H2,1H3. The first-order valence-corrected chi connectivity index (χ1v) is 6.31. The third-order valence-electron chi connectivity index (χ3n) is 2.54. The predicted octanol–water partition coefficient (Wildman–Crippen LogP) is 3.06. The molecular weight excluding hydrogens is 256 g/mol. The number of benzene rings is 1. The highest BCUT2D eigenvalue weighted by atomic mass is 79.9. The van der Waals surface area contributed by atoms with Crippen molar-refractivity contribution in [2.75, 3.05) is 13.2 Å². The molecule has 1 aromatic rings. The highest BCUT2D eigenvalue weighted by Crippen LogP contribution is 2.25. The van der Waals surface area contributed by atoms with Crippen molar-refractivity contribution >= 4 is 15.9 Å². The summed E-state index contributed by atoms with van der Waals surface area (Å²) in [5.74, 6) is 0.980. The van der Waals surface area contributed by atoms with E-state index in [0.29, 0.717) is 0 Å². The molecule has 2 nitrogen and oxygen atoms in total. The van der Waals surface area contributed by atoms with E-state index in [-0.39, 0.29) is 6.10 Å². The number of hydrogen-bond acceptors (Lipinski definition) is 2. The lowest BCUT2D eigenvalue weighted by Crippen LogP contribution is -2.16. The zero-order valence-corrected chi connectivity index (χ0v) is 10.4. The third kappa shape index (κ3) is 2.73. The summed E-state index contributed by atoms with van der Waals surface area (Å²) in [5.41, 5.74) is 2.47. The second-order valence-electron chi connectivity index (χ2n) is 3.85. The number of ether oxygens (including phenoxy) is 2. The predicted molar refractivity (Wildman–Crippen MR) is 63.7 cm³/mol. The molecule has 0 radical (unpaired) electrons. The van der Waals surface area contributed by atoms with E-state index in [1.165, 1.54) is 11.1 Å². The van der Waals surface area contributed by atoms with Crippen LogP contribution in [0.5, 0.6) is 5.75 Å². The van der Waals surface area contributed by atoms with Gasteiger partial charge in [-0.3, -0.25) is 0 Å². The molecule has 3 heteroatoms. The maximum atomic E-state index is 5.90. The molecule has 15 heavy (non-hydrogen) atoms. The first-order valence-electron chi connectivity index (χ1n) is 5.19. The minimum atomic E-state index is 0.227. The van der Waals surface area contributed by atoms with Gasteiger partial charge in [0.15, 0.2) is 0 Å². The van der Waals surface area contributed by atoms with E-state index >= 15 is 0 Å². The zero-order valence-electron chi connectivity index (χ0n) is 8.83.